The lowest BCUT2D eigenvalue weighted by molar-refractivity contribution is 0.198. The first-order valence-electron chi connectivity index (χ1n) is 7.16. The molecule has 0 radical (unpaired) electrons. The Balaban J connectivity index is 2.95. The summed E-state index contributed by atoms with van der Waals surface area (Å²) in [6.45, 7) is 10.3. The molecule has 0 amide bonds. The lowest BCUT2D eigenvalue weighted by Crippen LogP contribution is -2.12. The number of hydrogen-bond acceptors (Lipinski definition) is 2. The van der Waals surface area contributed by atoms with E-state index in [9.17, 15) is 0 Å². The van der Waals surface area contributed by atoms with Crippen LogP contribution in [0.2, 0.25) is 0 Å². The second-order valence-corrected chi connectivity index (χ2v) is 4.83. The van der Waals surface area contributed by atoms with Gasteiger partial charge in [-0.25, -0.2) is 0 Å². The molecule has 19 heavy (non-hydrogen) atoms. The molecule has 0 saturated carbocycles. The summed E-state index contributed by atoms with van der Waals surface area (Å²) in [5.74, 6) is 1.63. The molecule has 0 aliphatic heterocycles. The zero-order valence-electron chi connectivity index (χ0n) is 12.7. The summed E-state index contributed by atoms with van der Waals surface area (Å²) in [4.78, 5) is 0. The number of aryl methyl sites for hydroxylation is 1. The monoisotopic (exact) mass is 262 g/mol. The van der Waals surface area contributed by atoms with Crippen molar-refractivity contribution in [1.82, 2.24) is 0 Å². The van der Waals surface area contributed by atoms with Crippen LogP contribution in [0.15, 0.2) is 18.7 Å². The van der Waals surface area contributed by atoms with Gasteiger partial charge in [0.1, 0.15) is 0 Å². The zero-order chi connectivity index (χ0) is 14.3. The Morgan fingerprint density at radius 2 is 2.00 bits per heavy atom. The van der Waals surface area contributed by atoms with Gasteiger partial charge in [0, 0.05) is 0 Å². The maximum Gasteiger partial charge on any atom is 0.161 e. The predicted molar refractivity (Wildman–Crippen MR) is 82.1 cm³/mol. The lowest BCUT2D eigenvalue weighted by Gasteiger charge is -2.18. The van der Waals surface area contributed by atoms with Gasteiger partial charge in [0.15, 0.2) is 11.5 Å². The molecule has 0 aromatic heterocycles. The summed E-state index contributed by atoms with van der Waals surface area (Å²) in [6.07, 6.45) is 6.50. The minimum atomic E-state index is 0.216. The molecule has 0 heterocycles. The molecule has 2 nitrogen and oxygen atoms in total. The van der Waals surface area contributed by atoms with Gasteiger partial charge in [-0.15, -0.1) is 0 Å². The minimum absolute atomic E-state index is 0.216. The molecule has 0 saturated heterocycles. The first-order chi connectivity index (χ1) is 9.15. The number of unbranched alkanes of at least 4 members (excludes halogenated alkanes) is 1. The summed E-state index contributed by atoms with van der Waals surface area (Å²) >= 11 is 0. The fourth-order valence-corrected chi connectivity index (χ4v) is 2.13. The van der Waals surface area contributed by atoms with Crippen molar-refractivity contribution in [3.8, 4) is 11.5 Å². The van der Waals surface area contributed by atoms with Crippen LogP contribution < -0.4 is 9.47 Å². The molecular weight excluding hydrogens is 236 g/mol. The van der Waals surface area contributed by atoms with Crippen LogP contribution in [0.1, 0.15) is 51.2 Å². The van der Waals surface area contributed by atoms with E-state index in [4.69, 9.17) is 9.47 Å². The van der Waals surface area contributed by atoms with Crippen LogP contribution in [0.5, 0.6) is 11.5 Å². The Morgan fingerprint density at radius 1 is 1.26 bits per heavy atom. The number of rotatable bonds is 8. The highest BCUT2D eigenvalue weighted by molar-refractivity contribution is 5.59. The van der Waals surface area contributed by atoms with Gasteiger partial charge in [-0.05, 0) is 43.0 Å². The van der Waals surface area contributed by atoms with Crippen molar-refractivity contribution >= 4 is 6.08 Å². The van der Waals surface area contributed by atoms with Gasteiger partial charge in [0.2, 0.25) is 0 Å². The second kappa shape index (κ2) is 7.88. The Labute approximate surface area is 117 Å². The van der Waals surface area contributed by atoms with E-state index in [1.807, 2.05) is 12.1 Å². The minimum Gasteiger partial charge on any atom is -0.493 e. The Bertz CT molecular complexity index is 410. The highest BCUT2D eigenvalue weighted by Crippen LogP contribution is 2.32. The topological polar surface area (TPSA) is 18.5 Å². The first-order valence-corrected chi connectivity index (χ1v) is 7.16. The van der Waals surface area contributed by atoms with Crippen LogP contribution in [-0.2, 0) is 6.42 Å². The van der Waals surface area contributed by atoms with E-state index in [0.29, 0.717) is 0 Å². The predicted octanol–water partition coefficient (Wildman–Crippen LogP) is 4.86. The largest absolute Gasteiger partial charge is 0.493 e. The third-order valence-electron chi connectivity index (χ3n) is 3.32. The first kappa shape index (κ1) is 15.6. The van der Waals surface area contributed by atoms with Gasteiger partial charge in [-0.2, -0.15) is 0 Å². The molecule has 0 fully saturated rings. The second-order valence-electron chi connectivity index (χ2n) is 4.83. The molecule has 0 aliphatic carbocycles. The number of methoxy groups -OCH3 is 1. The van der Waals surface area contributed by atoms with Crippen molar-refractivity contribution in [2.24, 2.45) is 0 Å². The summed E-state index contributed by atoms with van der Waals surface area (Å²) in [6, 6.07) is 4.09. The maximum atomic E-state index is 6.02. The van der Waals surface area contributed by atoms with E-state index in [-0.39, 0.29) is 6.10 Å². The summed E-state index contributed by atoms with van der Waals surface area (Å²) in [7, 11) is 1.68. The SMILES string of the molecule is C=Cc1cc(OC)c(OC(C)CCCC)cc1CC. The van der Waals surface area contributed by atoms with E-state index in [0.717, 1.165) is 29.9 Å². The van der Waals surface area contributed by atoms with Gasteiger partial charge < -0.3 is 9.47 Å². The smallest absolute Gasteiger partial charge is 0.161 e. The standard InChI is InChI=1S/C17H26O2/c1-6-9-10-13(4)19-17-12-15(8-3)14(7-2)11-16(17)18-5/h7,11-13H,2,6,8-10H2,1,3-5H3. The van der Waals surface area contributed by atoms with Crippen LogP contribution in [0.3, 0.4) is 0 Å². The number of ether oxygens (including phenoxy) is 2. The zero-order valence-corrected chi connectivity index (χ0v) is 12.7. The van der Waals surface area contributed by atoms with Crippen molar-refractivity contribution in [1.29, 1.82) is 0 Å². The van der Waals surface area contributed by atoms with Gasteiger partial charge >= 0.3 is 0 Å². The molecule has 1 aromatic carbocycles. The van der Waals surface area contributed by atoms with Crippen molar-refractivity contribution in [3.05, 3.63) is 29.8 Å². The Hall–Kier alpha value is -1.44. The molecule has 106 valence electrons. The van der Waals surface area contributed by atoms with Crippen molar-refractivity contribution in [2.75, 3.05) is 7.11 Å². The van der Waals surface area contributed by atoms with Crippen LogP contribution in [0, 0.1) is 0 Å². The van der Waals surface area contributed by atoms with Crippen LogP contribution in [0.25, 0.3) is 6.08 Å². The van der Waals surface area contributed by atoms with Gasteiger partial charge in [0.05, 0.1) is 13.2 Å². The molecule has 0 bridgehead atoms. The fourth-order valence-electron chi connectivity index (χ4n) is 2.13. The normalized spacial score (nSPS) is 12.0. The molecule has 0 spiro atoms. The third-order valence-corrected chi connectivity index (χ3v) is 3.32. The molecule has 1 aromatic rings. The molecule has 0 aliphatic rings. The third kappa shape index (κ3) is 4.30. The number of hydrogen-bond donors (Lipinski definition) is 0. The highest BCUT2D eigenvalue weighted by Gasteiger charge is 2.12. The van der Waals surface area contributed by atoms with Crippen molar-refractivity contribution in [3.63, 3.8) is 0 Å². The Morgan fingerprint density at radius 3 is 2.53 bits per heavy atom. The quantitative estimate of drug-likeness (QED) is 0.666. The van der Waals surface area contributed by atoms with E-state index < -0.39 is 0 Å². The summed E-state index contributed by atoms with van der Waals surface area (Å²) in [5, 5.41) is 0. The number of benzene rings is 1. The average molecular weight is 262 g/mol. The lowest BCUT2D eigenvalue weighted by atomic mass is 10.0. The summed E-state index contributed by atoms with van der Waals surface area (Å²) in [5.41, 5.74) is 2.36. The van der Waals surface area contributed by atoms with Crippen molar-refractivity contribution < 1.29 is 9.47 Å². The van der Waals surface area contributed by atoms with E-state index in [2.05, 4.69) is 33.4 Å². The van der Waals surface area contributed by atoms with Gasteiger partial charge in [-0.1, -0.05) is 39.3 Å². The molecule has 0 N–H and O–H groups in total. The average Bonchev–Trinajstić information content (AvgIpc) is 2.44. The highest BCUT2D eigenvalue weighted by atomic mass is 16.5. The van der Waals surface area contributed by atoms with E-state index >= 15 is 0 Å². The fraction of sp³-hybridized carbons (Fsp3) is 0.529. The summed E-state index contributed by atoms with van der Waals surface area (Å²) < 4.78 is 11.4. The maximum absolute atomic E-state index is 6.02. The van der Waals surface area contributed by atoms with Crippen LogP contribution >= 0.6 is 0 Å². The van der Waals surface area contributed by atoms with E-state index in [1.165, 1.54) is 18.4 Å². The molecular formula is C17H26O2. The van der Waals surface area contributed by atoms with Gasteiger partial charge in [0.25, 0.3) is 0 Å². The Kier molecular flexibility index (Phi) is 6.48. The molecule has 1 rings (SSSR count). The van der Waals surface area contributed by atoms with Crippen LogP contribution in [-0.4, -0.2) is 13.2 Å². The molecule has 1 atom stereocenters. The molecule has 2 heteroatoms. The van der Waals surface area contributed by atoms with Crippen molar-refractivity contribution in [2.45, 2.75) is 52.6 Å². The van der Waals surface area contributed by atoms with Gasteiger partial charge in [-0.3, -0.25) is 0 Å². The van der Waals surface area contributed by atoms with E-state index in [1.54, 1.807) is 7.11 Å². The van der Waals surface area contributed by atoms with Crippen LogP contribution in [0.4, 0.5) is 0 Å². The molecule has 1 unspecified atom stereocenters.